The van der Waals surface area contributed by atoms with E-state index in [-0.39, 0.29) is 26.4 Å². The van der Waals surface area contributed by atoms with Crippen LogP contribution in [0.15, 0.2) is 121 Å². The topological polar surface area (TPSA) is 97.3 Å². The van der Waals surface area contributed by atoms with E-state index in [0.29, 0.717) is 12.5 Å². The van der Waals surface area contributed by atoms with E-state index in [2.05, 4.69) is 29.6 Å². The lowest BCUT2D eigenvalue weighted by molar-refractivity contribution is -0.108. The molecule has 46 heavy (non-hydrogen) atoms. The number of carbonyl (C=O) groups is 1. The Labute approximate surface area is 274 Å². The SMILES string of the molecule is CC(C)(C)OC(=O)N[C@H]([C@@H](OCc1ccccc1)[C@@H](CO)OCc1ccccc1)[Si](CCCO)(c1ccccc1)c1ccccc1. The lowest BCUT2D eigenvalue weighted by atomic mass is 10.1. The smallest absolute Gasteiger partial charge is 0.407 e. The van der Waals surface area contributed by atoms with Gasteiger partial charge in [-0.1, -0.05) is 132 Å². The monoisotopic (exact) mass is 641 g/mol. The largest absolute Gasteiger partial charge is 0.444 e. The summed E-state index contributed by atoms with van der Waals surface area (Å²) in [5.74, 6) is 0. The summed E-state index contributed by atoms with van der Waals surface area (Å²) in [6, 6.07) is 40.5. The number of carbonyl (C=O) groups excluding carboxylic acids is 1. The van der Waals surface area contributed by atoms with Gasteiger partial charge >= 0.3 is 6.09 Å². The van der Waals surface area contributed by atoms with Crippen molar-refractivity contribution >= 4 is 24.5 Å². The normalized spacial score (nSPS) is 13.8. The van der Waals surface area contributed by atoms with Crippen molar-refractivity contribution in [2.24, 2.45) is 0 Å². The molecule has 0 unspecified atom stereocenters. The maximum atomic E-state index is 13.8. The van der Waals surface area contributed by atoms with E-state index >= 15 is 0 Å². The molecule has 0 bridgehead atoms. The Hall–Kier alpha value is -3.79. The van der Waals surface area contributed by atoms with E-state index < -0.39 is 37.6 Å². The Kier molecular flexibility index (Phi) is 13.1. The molecule has 4 aromatic carbocycles. The van der Waals surface area contributed by atoms with Crippen molar-refractivity contribution in [3.05, 3.63) is 132 Å². The zero-order valence-electron chi connectivity index (χ0n) is 27.0. The minimum atomic E-state index is -3.11. The fourth-order valence-corrected chi connectivity index (χ4v) is 11.4. The number of hydrogen-bond donors (Lipinski definition) is 3. The molecule has 0 spiro atoms. The Balaban J connectivity index is 1.91. The van der Waals surface area contributed by atoms with Crippen LogP contribution >= 0.6 is 0 Å². The number of alkyl carbamates (subject to hydrolysis) is 1. The Bertz CT molecular complexity index is 1390. The Morgan fingerprint density at radius 3 is 1.61 bits per heavy atom. The number of aliphatic hydroxyl groups is 2. The molecular formula is C38H47NO6Si. The van der Waals surface area contributed by atoms with Crippen molar-refractivity contribution in [1.82, 2.24) is 5.32 Å². The van der Waals surface area contributed by atoms with Gasteiger partial charge in [-0.15, -0.1) is 0 Å². The van der Waals surface area contributed by atoms with Crippen LogP contribution in [0.5, 0.6) is 0 Å². The van der Waals surface area contributed by atoms with E-state index in [4.69, 9.17) is 14.2 Å². The van der Waals surface area contributed by atoms with Crippen molar-refractivity contribution in [3.63, 3.8) is 0 Å². The van der Waals surface area contributed by atoms with Crippen LogP contribution in [-0.4, -0.2) is 61.1 Å². The van der Waals surface area contributed by atoms with Gasteiger partial charge in [0.25, 0.3) is 0 Å². The van der Waals surface area contributed by atoms with E-state index in [1.54, 1.807) is 0 Å². The van der Waals surface area contributed by atoms with Gasteiger partial charge in [0, 0.05) is 6.61 Å². The third kappa shape index (κ3) is 9.61. The van der Waals surface area contributed by atoms with E-state index in [1.807, 2.05) is 118 Å². The van der Waals surface area contributed by atoms with Gasteiger partial charge in [0.15, 0.2) is 0 Å². The predicted molar refractivity (Wildman–Crippen MR) is 185 cm³/mol. The van der Waals surface area contributed by atoms with Crippen LogP contribution in [0.2, 0.25) is 6.04 Å². The maximum absolute atomic E-state index is 13.8. The van der Waals surface area contributed by atoms with E-state index in [1.165, 1.54) is 0 Å². The van der Waals surface area contributed by atoms with Crippen LogP contribution in [0.25, 0.3) is 0 Å². The molecule has 0 radical (unpaired) electrons. The van der Waals surface area contributed by atoms with E-state index in [0.717, 1.165) is 21.5 Å². The minimum absolute atomic E-state index is 0.0168. The summed E-state index contributed by atoms with van der Waals surface area (Å²) in [5, 5.41) is 26.6. The predicted octanol–water partition coefficient (Wildman–Crippen LogP) is 5.23. The standard InChI is InChI=1S/C38H47NO6Si/c1-38(2,3)45-37(42)39-36(46(26-16-25-40,32-21-12-6-13-22-32)33-23-14-7-15-24-33)35(44-29-31-19-10-5-11-20-31)34(27-41)43-28-30-17-8-4-9-18-30/h4-15,17-24,34-36,40-41H,16,25-29H2,1-3H3,(H,39,42)/t34-,35+,36+/m1/s1. The summed E-state index contributed by atoms with van der Waals surface area (Å²) < 4.78 is 19.1. The second-order valence-electron chi connectivity index (χ2n) is 12.4. The molecule has 8 heteroatoms. The molecule has 0 saturated heterocycles. The zero-order valence-corrected chi connectivity index (χ0v) is 28.0. The van der Waals surface area contributed by atoms with Gasteiger partial charge in [0.2, 0.25) is 0 Å². The highest BCUT2D eigenvalue weighted by Crippen LogP contribution is 2.27. The van der Waals surface area contributed by atoms with Crippen molar-refractivity contribution in [3.8, 4) is 0 Å². The molecule has 0 heterocycles. The van der Waals surface area contributed by atoms with Gasteiger partial charge in [-0.3, -0.25) is 0 Å². The van der Waals surface area contributed by atoms with Crippen molar-refractivity contribution < 1.29 is 29.2 Å². The average Bonchev–Trinajstić information content (AvgIpc) is 3.07. The first-order valence-electron chi connectivity index (χ1n) is 15.9. The molecule has 4 rings (SSSR count). The molecule has 0 aliphatic heterocycles. The van der Waals surface area contributed by atoms with Crippen molar-refractivity contribution in [2.45, 2.75) is 69.9 Å². The van der Waals surface area contributed by atoms with Crippen LogP contribution in [0.3, 0.4) is 0 Å². The third-order valence-electron chi connectivity index (χ3n) is 7.98. The minimum Gasteiger partial charge on any atom is -0.444 e. The summed E-state index contributed by atoms with van der Waals surface area (Å²) in [6.45, 7) is 5.61. The van der Waals surface area contributed by atoms with Gasteiger partial charge in [-0.05, 0) is 44.4 Å². The molecule has 3 N–H and O–H groups in total. The lowest BCUT2D eigenvalue weighted by Crippen LogP contribution is -2.76. The number of rotatable bonds is 16. The first-order chi connectivity index (χ1) is 22.3. The molecule has 0 aliphatic carbocycles. The number of hydrogen-bond acceptors (Lipinski definition) is 6. The molecular weight excluding hydrogens is 595 g/mol. The number of aliphatic hydroxyl groups excluding tert-OH is 2. The maximum Gasteiger partial charge on any atom is 0.407 e. The van der Waals surface area contributed by atoms with Crippen LogP contribution in [0.1, 0.15) is 38.3 Å². The van der Waals surface area contributed by atoms with Crippen LogP contribution < -0.4 is 15.7 Å². The Morgan fingerprint density at radius 2 is 1.17 bits per heavy atom. The number of benzene rings is 4. The fraction of sp³-hybridized carbons (Fsp3) is 0.342. The molecule has 0 fully saturated rings. The highest BCUT2D eigenvalue weighted by atomic mass is 28.3. The zero-order chi connectivity index (χ0) is 32.8. The summed E-state index contributed by atoms with van der Waals surface area (Å²) in [6.07, 6.45) is -1.69. The summed E-state index contributed by atoms with van der Waals surface area (Å²) in [7, 11) is -3.11. The second-order valence-corrected chi connectivity index (χ2v) is 16.7. The second kappa shape index (κ2) is 17.2. The van der Waals surface area contributed by atoms with Gasteiger partial charge in [-0.2, -0.15) is 0 Å². The molecule has 7 nitrogen and oxygen atoms in total. The van der Waals surface area contributed by atoms with Crippen molar-refractivity contribution in [1.29, 1.82) is 0 Å². The third-order valence-corrected chi connectivity index (χ3v) is 13.4. The molecule has 1 amide bonds. The lowest BCUT2D eigenvalue weighted by Gasteiger charge is -2.45. The molecule has 244 valence electrons. The summed E-state index contributed by atoms with van der Waals surface area (Å²) >= 11 is 0. The van der Waals surface area contributed by atoms with E-state index in [9.17, 15) is 15.0 Å². The quantitative estimate of drug-likeness (QED) is 0.145. The summed E-state index contributed by atoms with van der Waals surface area (Å²) in [4.78, 5) is 13.8. The first-order valence-corrected chi connectivity index (χ1v) is 18.2. The average molecular weight is 642 g/mol. The number of amides is 1. The molecule has 4 aromatic rings. The number of nitrogens with one attached hydrogen (secondary N) is 1. The van der Waals surface area contributed by atoms with Crippen LogP contribution in [0, 0.1) is 0 Å². The molecule has 0 saturated carbocycles. The molecule has 0 aromatic heterocycles. The Morgan fingerprint density at radius 1 is 0.717 bits per heavy atom. The first kappa shape index (κ1) is 35.1. The van der Waals surface area contributed by atoms with Crippen LogP contribution in [0.4, 0.5) is 4.79 Å². The fourth-order valence-electron chi connectivity index (χ4n) is 5.93. The van der Waals surface area contributed by atoms with Gasteiger partial charge in [-0.25, -0.2) is 4.79 Å². The highest BCUT2D eigenvalue weighted by Gasteiger charge is 2.51. The molecule has 3 atom stereocenters. The number of ether oxygens (including phenoxy) is 3. The summed E-state index contributed by atoms with van der Waals surface area (Å²) in [5.41, 5.74) is 0.485. The molecule has 0 aliphatic rings. The van der Waals surface area contributed by atoms with Gasteiger partial charge in [0.05, 0.1) is 25.5 Å². The highest BCUT2D eigenvalue weighted by molar-refractivity contribution is 7.03. The van der Waals surface area contributed by atoms with Crippen LogP contribution in [-0.2, 0) is 27.4 Å². The van der Waals surface area contributed by atoms with Crippen molar-refractivity contribution in [2.75, 3.05) is 13.2 Å². The van der Waals surface area contributed by atoms with Gasteiger partial charge in [0.1, 0.15) is 25.9 Å². The van der Waals surface area contributed by atoms with Gasteiger partial charge < -0.3 is 29.7 Å².